The fourth-order valence-corrected chi connectivity index (χ4v) is 2.40. The number of ether oxygens (including phenoxy) is 2. The van der Waals surface area contributed by atoms with E-state index < -0.39 is 43.4 Å². The molecule has 23 heavy (non-hydrogen) atoms. The third-order valence-electron chi connectivity index (χ3n) is 3.71. The standard InChI is InChI=1S/C13H28NO8.ClH/c1-14(2,3-4-15)5-8(17)7-21-13-12(20)11(19)10(18)9(6-16)22-13;/h8-13,15-20H,3-7H2,1-2H3;1H/q+1;/p-1/t8?,9-,10-,11+,12-,13+;/m1./s1. The van der Waals surface area contributed by atoms with Crippen LogP contribution in [-0.2, 0) is 9.47 Å². The minimum Gasteiger partial charge on any atom is -1.00 e. The van der Waals surface area contributed by atoms with Gasteiger partial charge in [0.15, 0.2) is 6.29 Å². The average Bonchev–Trinajstić information content (AvgIpc) is 2.43. The lowest BCUT2D eigenvalue weighted by Gasteiger charge is -2.40. The highest BCUT2D eigenvalue weighted by molar-refractivity contribution is 4.88. The van der Waals surface area contributed by atoms with Gasteiger partial charge < -0.3 is 57.0 Å². The van der Waals surface area contributed by atoms with Gasteiger partial charge in [-0.15, -0.1) is 0 Å². The third kappa shape index (κ3) is 6.75. The first-order chi connectivity index (χ1) is 10.2. The molecule has 0 radical (unpaired) electrons. The van der Waals surface area contributed by atoms with E-state index in [1.165, 1.54) is 0 Å². The molecular weight excluding hydrogens is 334 g/mol. The monoisotopic (exact) mass is 361 g/mol. The molecule has 0 aliphatic carbocycles. The van der Waals surface area contributed by atoms with Crippen LogP contribution in [0.1, 0.15) is 0 Å². The number of aliphatic hydroxyl groups is 6. The highest BCUT2D eigenvalue weighted by atomic mass is 35.5. The summed E-state index contributed by atoms with van der Waals surface area (Å²) in [5.74, 6) is 0. The SMILES string of the molecule is C[N+](C)(CCO)CC(O)CO[C@H]1O[C@H](CO)[C@@H](O)[C@H](O)[C@H]1O.[Cl-]. The Labute approximate surface area is 141 Å². The maximum atomic E-state index is 9.95. The first-order valence-electron chi connectivity index (χ1n) is 7.25. The second-order valence-electron chi connectivity index (χ2n) is 6.25. The second kappa shape index (κ2) is 10.0. The van der Waals surface area contributed by atoms with Gasteiger partial charge in [-0.05, 0) is 0 Å². The Balaban J connectivity index is 0.00000484. The maximum absolute atomic E-state index is 9.95. The zero-order valence-corrected chi connectivity index (χ0v) is 14.1. The Morgan fingerprint density at radius 3 is 2.22 bits per heavy atom. The van der Waals surface area contributed by atoms with E-state index in [2.05, 4.69) is 0 Å². The molecule has 0 aromatic carbocycles. The fourth-order valence-electron chi connectivity index (χ4n) is 2.40. The Kier molecular flexibility index (Phi) is 10.0. The fraction of sp³-hybridized carbons (Fsp3) is 1.00. The van der Waals surface area contributed by atoms with E-state index in [0.29, 0.717) is 17.6 Å². The molecule has 0 bridgehead atoms. The van der Waals surface area contributed by atoms with Crippen molar-refractivity contribution in [3.8, 4) is 0 Å². The van der Waals surface area contributed by atoms with Crippen molar-refractivity contribution in [2.75, 3.05) is 47.0 Å². The highest BCUT2D eigenvalue weighted by Gasteiger charge is 2.44. The summed E-state index contributed by atoms with van der Waals surface area (Å²) in [5, 5.41) is 57.0. The summed E-state index contributed by atoms with van der Waals surface area (Å²) in [6.07, 6.45) is -7.58. The second-order valence-corrected chi connectivity index (χ2v) is 6.25. The molecular formula is C13H28ClNO8. The number of hydrogen-bond acceptors (Lipinski definition) is 8. The number of nitrogens with zero attached hydrogens (tertiary/aromatic N) is 1. The van der Waals surface area contributed by atoms with E-state index in [9.17, 15) is 20.4 Å². The Morgan fingerprint density at radius 2 is 1.70 bits per heavy atom. The smallest absolute Gasteiger partial charge is 0.186 e. The molecule has 1 heterocycles. The van der Waals surface area contributed by atoms with Gasteiger partial charge in [-0.2, -0.15) is 0 Å². The molecule has 1 rings (SSSR count). The lowest BCUT2D eigenvalue weighted by molar-refractivity contribution is -0.893. The van der Waals surface area contributed by atoms with Gasteiger partial charge in [-0.25, -0.2) is 0 Å². The van der Waals surface area contributed by atoms with Gasteiger partial charge in [-0.3, -0.25) is 0 Å². The van der Waals surface area contributed by atoms with Gasteiger partial charge in [0.25, 0.3) is 0 Å². The summed E-state index contributed by atoms with van der Waals surface area (Å²) in [4.78, 5) is 0. The lowest BCUT2D eigenvalue weighted by Crippen LogP contribution is -3.00. The molecule has 1 saturated heterocycles. The van der Waals surface area contributed by atoms with Crippen molar-refractivity contribution in [1.82, 2.24) is 0 Å². The van der Waals surface area contributed by atoms with Crippen molar-refractivity contribution < 1.29 is 57.0 Å². The summed E-state index contributed by atoms with van der Waals surface area (Å²) in [6, 6.07) is 0. The molecule has 1 aliphatic rings. The molecule has 6 atom stereocenters. The first-order valence-corrected chi connectivity index (χ1v) is 7.25. The Morgan fingerprint density at radius 1 is 1.09 bits per heavy atom. The van der Waals surface area contributed by atoms with Gasteiger partial charge in [0.2, 0.25) is 0 Å². The quantitative estimate of drug-likeness (QED) is 0.234. The van der Waals surface area contributed by atoms with Gasteiger partial charge in [0, 0.05) is 0 Å². The summed E-state index contributed by atoms with van der Waals surface area (Å²) < 4.78 is 10.8. The van der Waals surface area contributed by atoms with Gasteiger partial charge in [0.1, 0.15) is 43.6 Å². The van der Waals surface area contributed by atoms with Crippen LogP contribution in [0, 0.1) is 0 Å². The highest BCUT2D eigenvalue weighted by Crippen LogP contribution is 2.22. The number of likely N-dealkylation sites (N-methyl/N-ethyl adjacent to an activating group) is 1. The van der Waals surface area contributed by atoms with Crippen LogP contribution in [0.3, 0.4) is 0 Å². The molecule has 0 aromatic heterocycles. The number of rotatable bonds is 8. The molecule has 9 nitrogen and oxygen atoms in total. The predicted molar refractivity (Wildman–Crippen MR) is 74.7 cm³/mol. The summed E-state index contributed by atoms with van der Waals surface area (Å²) in [6.45, 7) is 0.0892. The Hall–Kier alpha value is -0.0700. The zero-order valence-electron chi connectivity index (χ0n) is 13.3. The molecule has 0 saturated carbocycles. The van der Waals surface area contributed by atoms with E-state index in [4.69, 9.17) is 19.7 Å². The average molecular weight is 362 g/mol. The lowest BCUT2D eigenvalue weighted by atomic mass is 9.99. The van der Waals surface area contributed by atoms with Crippen LogP contribution in [0.4, 0.5) is 0 Å². The zero-order chi connectivity index (χ0) is 16.9. The number of halogens is 1. The molecule has 6 N–H and O–H groups in total. The molecule has 1 aliphatic heterocycles. The minimum absolute atomic E-state index is 0. The van der Waals surface area contributed by atoms with E-state index in [-0.39, 0.29) is 25.6 Å². The van der Waals surface area contributed by atoms with Crippen molar-refractivity contribution in [2.24, 2.45) is 0 Å². The van der Waals surface area contributed by atoms with Crippen LogP contribution in [-0.4, -0.2) is 119 Å². The number of aliphatic hydroxyl groups excluding tert-OH is 6. The number of hydrogen-bond donors (Lipinski definition) is 6. The van der Waals surface area contributed by atoms with Crippen molar-refractivity contribution in [3.05, 3.63) is 0 Å². The predicted octanol–water partition coefficient (Wildman–Crippen LogP) is -6.76. The maximum Gasteiger partial charge on any atom is 0.186 e. The van der Waals surface area contributed by atoms with E-state index in [1.54, 1.807) is 0 Å². The van der Waals surface area contributed by atoms with Crippen LogP contribution < -0.4 is 12.4 Å². The summed E-state index contributed by atoms with van der Waals surface area (Å²) >= 11 is 0. The molecule has 10 heteroatoms. The number of quaternary nitrogens is 1. The van der Waals surface area contributed by atoms with E-state index in [1.807, 2.05) is 14.1 Å². The van der Waals surface area contributed by atoms with Crippen molar-refractivity contribution in [3.63, 3.8) is 0 Å². The van der Waals surface area contributed by atoms with Gasteiger partial charge >= 0.3 is 0 Å². The summed E-state index contributed by atoms with van der Waals surface area (Å²) in [7, 11) is 3.68. The summed E-state index contributed by atoms with van der Waals surface area (Å²) in [5.41, 5.74) is 0. The van der Waals surface area contributed by atoms with Crippen molar-refractivity contribution in [1.29, 1.82) is 0 Å². The molecule has 0 amide bonds. The van der Waals surface area contributed by atoms with Crippen LogP contribution in [0.5, 0.6) is 0 Å². The van der Waals surface area contributed by atoms with Crippen LogP contribution in [0.15, 0.2) is 0 Å². The largest absolute Gasteiger partial charge is 1.00 e. The molecule has 1 fully saturated rings. The topological polar surface area (TPSA) is 140 Å². The van der Waals surface area contributed by atoms with Crippen molar-refractivity contribution >= 4 is 0 Å². The van der Waals surface area contributed by atoms with Crippen LogP contribution in [0.25, 0.3) is 0 Å². The first kappa shape index (κ1) is 22.9. The van der Waals surface area contributed by atoms with Crippen LogP contribution in [0.2, 0.25) is 0 Å². The van der Waals surface area contributed by atoms with Crippen molar-refractivity contribution in [2.45, 2.75) is 36.8 Å². The molecule has 140 valence electrons. The molecule has 0 aromatic rings. The van der Waals surface area contributed by atoms with E-state index >= 15 is 0 Å². The molecule has 1 unspecified atom stereocenters. The van der Waals surface area contributed by atoms with Gasteiger partial charge in [0.05, 0.1) is 33.9 Å². The van der Waals surface area contributed by atoms with Crippen LogP contribution >= 0.6 is 0 Å². The third-order valence-corrected chi connectivity index (χ3v) is 3.71. The minimum atomic E-state index is -1.50. The van der Waals surface area contributed by atoms with Gasteiger partial charge in [-0.1, -0.05) is 0 Å². The normalized spacial score (nSPS) is 33.1. The van der Waals surface area contributed by atoms with E-state index in [0.717, 1.165) is 0 Å². The Bertz CT molecular complexity index is 333. The molecule has 0 spiro atoms.